The van der Waals surface area contributed by atoms with E-state index in [0.717, 1.165) is 61.0 Å². The number of benzene rings is 8. The summed E-state index contributed by atoms with van der Waals surface area (Å²) in [4.78, 5) is 15.5. The number of hydrogen-bond acceptors (Lipinski definition) is 4. The molecule has 0 saturated heterocycles. The second kappa shape index (κ2) is 12.1. The molecule has 3 aromatic heterocycles. The Kier molecular flexibility index (Phi) is 6.79. The lowest BCUT2D eigenvalue weighted by Crippen LogP contribution is -2.01. The van der Waals surface area contributed by atoms with Gasteiger partial charge in [-0.3, -0.25) is 0 Å². The lowest BCUT2D eigenvalue weighted by molar-refractivity contribution is 0.669. The minimum absolute atomic E-state index is 0.556. The molecule has 11 aromatic rings. The first kappa shape index (κ1) is 30.3. The number of hydrogen-bond donors (Lipinski definition) is 0. The number of aromatic nitrogens is 4. The summed E-state index contributed by atoms with van der Waals surface area (Å²) in [5, 5.41) is 7.07. The molecule has 0 unspecified atom stereocenters. The van der Waals surface area contributed by atoms with Gasteiger partial charge in [0.1, 0.15) is 11.2 Å². The van der Waals surface area contributed by atoms with E-state index in [0.29, 0.717) is 17.5 Å². The summed E-state index contributed by atoms with van der Waals surface area (Å²) >= 11 is 0. The largest absolute Gasteiger partial charge is 0.455 e. The van der Waals surface area contributed by atoms with Crippen molar-refractivity contribution < 1.29 is 4.42 Å². The van der Waals surface area contributed by atoms with Gasteiger partial charge in [-0.05, 0) is 70.4 Å². The number of fused-ring (bicyclic) bond motifs is 8. The average molecular weight is 691 g/mol. The zero-order valence-corrected chi connectivity index (χ0v) is 29.0. The van der Waals surface area contributed by atoms with Crippen LogP contribution in [0.2, 0.25) is 0 Å². The summed E-state index contributed by atoms with van der Waals surface area (Å²) in [5.74, 6) is 1.74. The molecule has 252 valence electrons. The van der Waals surface area contributed by atoms with Crippen LogP contribution in [0.15, 0.2) is 186 Å². The monoisotopic (exact) mass is 690 g/mol. The molecular weight excluding hydrogens is 661 g/mol. The maximum absolute atomic E-state index is 6.47. The highest BCUT2D eigenvalue weighted by atomic mass is 16.3. The van der Waals surface area contributed by atoms with Gasteiger partial charge < -0.3 is 8.98 Å². The predicted molar refractivity (Wildman–Crippen MR) is 221 cm³/mol. The first-order valence-corrected chi connectivity index (χ1v) is 18.1. The number of nitrogens with zero attached hydrogens (tertiary/aromatic N) is 4. The molecule has 0 aliphatic carbocycles. The number of furan rings is 1. The Hall–Kier alpha value is -7.37. The average Bonchev–Trinajstić information content (AvgIpc) is 3.80. The van der Waals surface area contributed by atoms with Crippen molar-refractivity contribution in [2.24, 2.45) is 0 Å². The van der Waals surface area contributed by atoms with Crippen LogP contribution < -0.4 is 0 Å². The van der Waals surface area contributed by atoms with E-state index in [4.69, 9.17) is 19.4 Å². The summed E-state index contributed by atoms with van der Waals surface area (Å²) in [6.07, 6.45) is 0. The van der Waals surface area contributed by atoms with Crippen molar-refractivity contribution in [2.45, 2.75) is 0 Å². The second-order valence-corrected chi connectivity index (χ2v) is 13.6. The number of para-hydroxylation sites is 3. The molecule has 0 bridgehead atoms. The zero-order valence-electron chi connectivity index (χ0n) is 29.0. The summed E-state index contributed by atoms with van der Waals surface area (Å²) in [5.41, 5.74) is 9.78. The molecule has 0 N–H and O–H groups in total. The van der Waals surface area contributed by atoms with E-state index < -0.39 is 0 Å². The van der Waals surface area contributed by atoms with E-state index in [1.807, 2.05) is 42.5 Å². The third kappa shape index (κ3) is 4.76. The quantitative estimate of drug-likeness (QED) is 0.180. The SMILES string of the molecule is c1ccc(-c2ccccc2-c2nc(-c3ccc(-n4c5ccccc5c5c6ccccc6ccc54)cc3)nc(-c3cccc4c3oc3ccccc34)n2)cc1. The Labute approximate surface area is 310 Å². The Balaban J connectivity index is 1.11. The normalized spacial score (nSPS) is 11.7. The van der Waals surface area contributed by atoms with Crippen LogP contribution in [0.1, 0.15) is 0 Å². The smallest absolute Gasteiger partial charge is 0.167 e. The molecule has 5 nitrogen and oxygen atoms in total. The van der Waals surface area contributed by atoms with E-state index in [2.05, 4.69) is 144 Å². The molecule has 0 radical (unpaired) electrons. The standard InChI is InChI=1S/C49H30N4O/c1-2-13-31(14-3-1)35-16-6-7-19-39(35)48-50-47(51-49(52-48)41-22-12-21-38-37-18-9-11-24-44(37)54-46(38)41)33-25-28-34(29-26-33)53-42-23-10-8-20-40(42)45-36-17-5-4-15-32(36)27-30-43(45)53/h1-30H. The molecule has 0 fully saturated rings. The zero-order chi connectivity index (χ0) is 35.6. The minimum atomic E-state index is 0.556. The first-order valence-electron chi connectivity index (χ1n) is 18.1. The fourth-order valence-corrected chi connectivity index (χ4v) is 7.99. The molecule has 8 aromatic carbocycles. The topological polar surface area (TPSA) is 56.7 Å². The van der Waals surface area contributed by atoms with Crippen molar-refractivity contribution in [1.82, 2.24) is 19.5 Å². The Bertz CT molecular complexity index is 3210. The van der Waals surface area contributed by atoms with Gasteiger partial charge in [0.05, 0.1) is 16.6 Å². The van der Waals surface area contributed by atoms with Crippen LogP contribution in [0.5, 0.6) is 0 Å². The molecular formula is C49H30N4O. The van der Waals surface area contributed by atoms with Gasteiger partial charge in [0.2, 0.25) is 0 Å². The maximum atomic E-state index is 6.47. The van der Waals surface area contributed by atoms with Crippen LogP contribution >= 0.6 is 0 Å². The molecule has 0 aliphatic heterocycles. The molecule has 0 atom stereocenters. The maximum Gasteiger partial charge on any atom is 0.167 e. The van der Waals surface area contributed by atoms with Crippen LogP contribution in [-0.2, 0) is 0 Å². The van der Waals surface area contributed by atoms with Gasteiger partial charge in [-0.2, -0.15) is 0 Å². The molecule has 0 amide bonds. The van der Waals surface area contributed by atoms with Crippen molar-refractivity contribution in [1.29, 1.82) is 0 Å². The van der Waals surface area contributed by atoms with E-state index >= 15 is 0 Å². The highest BCUT2D eigenvalue weighted by Crippen LogP contribution is 2.39. The van der Waals surface area contributed by atoms with E-state index in [9.17, 15) is 0 Å². The first-order chi connectivity index (χ1) is 26.8. The van der Waals surface area contributed by atoms with Crippen LogP contribution in [0.25, 0.3) is 105 Å². The molecule has 54 heavy (non-hydrogen) atoms. The molecule has 5 heteroatoms. The van der Waals surface area contributed by atoms with Gasteiger partial charge in [-0.25, -0.2) is 15.0 Å². The highest BCUT2D eigenvalue weighted by molar-refractivity contribution is 6.21. The third-order valence-corrected chi connectivity index (χ3v) is 10.5. The van der Waals surface area contributed by atoms with Gasteiger partial charge in [-0.1, -0.05) is 133 Å². The van der Waals surface area contributed by atoms with Crippen molar-refractivity contribution >= 4 is 54.5 Å². The summed E-state index contributed by atoms with van der Waals surface area (Å²) in [6, 6.07) is 63.2. The van der Waals surface area contributed by atoms with Crippen LogP contribution in [-0.4, -0.2) is 19.5 Å². The summed E-state index contributed by atoms with van der Waals surface area (Å²) in [7, 11) is 0. The summed E-state index contributed by atoms with van der Waals surface area (Å²) in [6.45, 7) is 0. The van der Waals surface area contributed by atoms with Gasteiger partial charge in [0.25, 0.3) is 0 Å². The summed E-state index contributed by atoms with van der Waals surface area (Å²) < 4.78 is 8.82. The van der Waals surface area contributed by atoms with E-state index in [1.54, 1.807) is 0 Å². The number of rotatable bonds is 5. The van der Waals surface area contributed by atoms with E-state index in [1.165, 1.54) is 27.1 Å². The fourth-order valence-electron chi connectivity index (χ4n) is 7.99. The highest BCUT2D eigenvalue weighted by Gasteiger charge is 2.20. The lowest BCUT2D eigenvalue weighted by atomic mass is 9.99. The molecule has 0 spiro atoms. The van der Waals surface area contributed by atoms with Crippen LogP contribution in [0.3, 0.4) is 0 Å². The molecule has 0 saturated carbocycles. The Morgan fingerprint density at radius 2 is 1.00 bits per heavy atom. The van der Waals surface area contributed by atoms with Crippen molar-refractivity contribution in [2.75, 3.05) is 0 Å². The van der Waals surface area contributed by atoms with Crippen molar-refractivity contribution in [3.05, 3.63) is 182 Å². The molecule has 0 aliphatic rings. The van der Waals surface area contributed by atoms with E-state index in [-0.39, 0.29) is 0 Å². The van der Waals surface area contributed by atoms with Crippen LogP contribution in [0, 0.1) is 0 Å². The lowest BCUT2D eigenvalue weighted by Gasteiger charge is -2.13. The van der Waals surface area contributed by atoms with Gasteiger partial charge >= 0.3 is 0 Å². The predicted octanol–water partition coefficient (Wildman–Crippen LogP) is 12.7. The van der Waals surface area contributed by atoms with Gasteiger partial charge in [0.15, 0.2) is 17.5 Å². The minimum Gasteiger partial charge on any atom is -0.455 e. The Morgan fingerprint density at radius 1 is 0.370 bits per heavy atom. The second-order valence-electron chi connectivity index (χ2n) is 13.6. The van der Waals surface area contributed by atoms with Gasteiger partial charge in [0, 0.05) is 38.4 Å². The van der Waals surface area contributed by atoms with Crippen molar-refractivity contribution in [3.63, 3.8) is 0 Å². The van der Waals surface area contributed by atoms with Gasteiger partial charge in [-0.15, -0.1) is 0 Å². The third-order valence-electron chi connectivity index (χ3n) is 10.5. The molecule has 3 heterocycles. The Morgan fingerprint density at radius 3 is 1.85 bits per heavy atom. The van der Waals surface area contributed by atoms with Crippen LogP contribution in [0.4, 0.5) is 0 Å². The molecule has 11 rings (SSSR count). The fraction of sp³-hybridized carbons (Fsp3) is 0. The van der Waals surface area contributed by atoms with Crippen molar-refractivity contribution in [3.8, 4) is 51.0 Å².